The van der Waals surface area contributed by atoms with E-state index in [1.807, 2.05) is 0 Å². The molecule has 0 atom stereocenters. The van der Waals surface area contributed by atoms with E-state index in [0.29, 0.717) is 44.7 Å². The Morgan fingerprint density at radius 1 is 1.06 bits per heavy atom. The summed E-state index contributed by atoms with van der Waals surface area (Å²) < 4.78 is 18.3. The van der Waals surface area contributed by atoms with Crippen molar-refractivity contribution in [2.24, 2.45) is 0 Å². The molecule has 31 heavy (non-hydrogen) atoms. The lowest BCUT2D eigenvalue weighted by atomic mass is 10.2. The van der Waals surface area contributed by atoms with Crippen LogP contribution in [-0.4, -0.2) is 61.0 Å². The number of ether oxygens (including phenoxy) is 1. The van der Waals surface area contributed by atoms with Gasteiger partial charge < -0.3 is 19.9 Å². The van der Waals surface area contributed by atoms with Gasteiger partial charge in [0.2, 0.25) is 5.91 Å². The van der Waals surface area contributed by atoms with E-state index in [4.69, 9.17) is 0 Å². The Bertz CT molecular complexity index is 927. The number of carbonyl (C=O) groups is 3. The number of anilines is 2. The highest BCUT2D eigenvalue weighted by Gasteiger charge is 2.22. The molecule has 1 aromatic carbocycles. The van der Waals surface area contributed by atoms with Gasteiger partial charge in [0.25, 0.3) is 5.91 Å². The van der Waals surface area contributed by atoms with Gasteiger partial charge in [-0.2, -0.15) is 0 Å². The number of hydrogen-bond donors (Lipinski definition) is 1. The van der Waals surface area contributed by atoms with Crippen LogP contribution in [-0.2, 0) is 14.3 Å². The first kappa shape index (κ1) is 22.2. The zero-order chi connectivity index (χ0) is 22.2. The Morgan fingerprint density at radius 2 is 1.81 bits per heavy atom. The largest absolute Gasteiger partial charge is 0.469 e. The topological polar surface area (TPSA) is 91.8 Å². The number of amides is 2. The fourth-order valence-corrected chi connectivity index (χ4v) is 3.32. The van der Waals surface area contributed by atoms with Gasteiger partial charge in [-0.25, -0.2) is 9.37 Å². The smallest absolute Gasteiger partial charge is 0.305 e. The highest BCUT2D eigenvalue weighted by Crippen LogP contribution is 2.18. The second-order valence-electron chi connectivity index (χ2n) is 7.14. The van der Waals surface area contributed by atoms with Crippen LogP contribution in [0.3, 0.4) is 0 Å². The minimum atomic E-state index is -0.581. The number of hydrogen-bond acceptors (Lipinski definition) is 6. The van der Waals surface area contributed by atoms with Crippen LogP contribution in [0.4, 0.5) is 15.9 Å². The van der Waals surface area contributed by atoms with Crippen LogP contribution < -0.4 is 10.2 Å². The number of carbonyl (C=O) groups excluding carboxylic acids is 3. The molecule has 1 saturated heterocycles. The maximum absolute atomic E-state index is 13.7. The molecule has 2 amide bonds. The van der Waals surface area contributed by atoms with Gasteiger partial charge in [0.1, 0.15) is 11.6 Å². The predicted molar refractivity (Wildman–Crippen MR) is 113 cm³/mol. The second-order valence-corrected chi connectivity index (χ2v) is 7.14. The van der Waals surface area contributed by atoms with Gasteiger partial charge in [-0.05, 0) is 30.7 Å². The fourth-order valence-electron chi connectivity index (χ4n) is 3.32. The molecule has 9 heteroatoms. The summed E-state index contributed by atoms with van der Waals surface area (Å²) in [7, 11) is 1.33. The van der Waals surface area contributed by atoms with Crippen molar-refractivity contribution >= 4 is 29.3 Å². The fraction of sp³-hybridized carbons (Fsp3) is 0.364. The minimum absolute atomic E-state index is 0.0287. The van der Waals surface area contributed by atoms with E-state index in [9.17, 15) is 18.8 Å². The second kappa shape index (κ2) is 10.5. The van der Waals surface area contributed by atoms with Gasteiger partial charge >= 0.3 is 5.97 Å². The number of piperazine rings is 1. The molecule has 0 radical (unpaired) electrons. The van der Waals surface area contributed by atoms with Gasteiger partial charge in [-0.15, -0.1) is 0 Å². The van der Waals surface area contributed by atoms with Gasteiger partial charge in [0, 0.05) is 39.0 Å². The first-order chi connectivity index (χ1) is 15.0. The lowest BCUT2D eigenvalue weighted by molar-refractivity contribution is -0.140. The molecule has 1 aliphatic heterocycles. The molecule has 0 bridgehead atoms. The number of aromatic nitrogens is 1. The summed E-state index contributed by atoms with van der Waals surface area (Å²) in [5.74, 6) is -0.657. The van der Waals surface area contributed by atoms with Crippen molar-refractivity contribution in [2.75, 3.05) is 43.5 Å². The van der Waals surface area contributed by atoms with Crippen molar-refractivity contribution in [3.05, 3.63) is 54.0 Å². The van der Waals surface area contributed by atoms with Crippen LogP contribution in [0.1, 0.15) is 29.6 Å². The summed E-state index contributed by atoms with van der Waals surface area (Å²) in [4.78, 5) is 43.8. The van der Waals surface area contributed by atoms with Gasteiger partial charge in [-0.1, -0.05) is 12.1 Å². The Labute approximate surface area is 180 Å². The molecule has 1 aromatic heterocycles. The quantitative estimate of drug-likeness (QED) is 0.682. The molecule has 0 aliphatic carbocycles. The maximum atomic E-state index is 13.7. The van der Waals surface area contributed by atoms with Crippen molar-refractivity contribution in [1.82, 2.24) is 9.88 Å². The highest BCUT2D eigenvalue weighted by atomic mass is 19.1. The molecule has 0 spiro atoms. The van der Waals surface area contributed by atoms with Crippen molar-refractivity contribution < 1.29 is 23.5 Å². The number of rotatable bonds is 7. The number of nitrogens with zero attached hydrogens (tertiary/aromatic N) is 3. The Hall–Kier alpha value is -3.49. The van der Waals surface area contributed by atoms with E-state index >= 15 is 0 Å². The Balaban J connectivity index is 1.48. The molecule has 164 valence electrons. The number of pyridine rings is 1. The number of esters is 1. The molecule has 1 N–H and O–H groups in total. The SMILES string of the molecule is COC(=O)CCCC(=O)N1CCN(c2ccc(NC(=O)c3ccccc3F)cn2)CC1. The average molecular weight is 428 g/mol. The molecule has 1 fully saturated rings. The number of benzene rings is 1. The van der Waals surface area contributed by atoms with Crippen LogP contribution in [0.25, 0.3) is 0 Å². The summed E-state index contributed by atoms with van der Waals surface area (Å²) in [6.45, 7) is 2.42. The highest BCUT2D eigenvalue weighted by molar-refractivity contribution is 6.04. The molecular weight excluding hydrogens is 403 g/mol. The van der Waals surface area contributed by atoms with Crippen molar-refractivity contribution in [3.8, 4) is 0 Å². The molecule has 1 aliphatic rings. The number of methoxy groups -OCH3 is 1. The van der Waals surface area contributed by atoms with E-state index in [1.54, 1.807) is 23.1 Å². The summed E-state index contributed by atoms with van der Waals surface area (Å²) in [5, 5.41) is 2.64. The summed E-state index contributed by atoms with van der Waals surface area (Å²) in [6.07, 6.45) is 2.57. The van der Waals surface area contributed by atoms with Crippen LogP contribution in [0.2, 0.25) is 0 Å². The standard InChI is InChI=1S/C22H25FN4O4/c1-31-21(29)8-4-7-20(28)27-13-11-26(12-14-27)19-10-9-16(15-24-19)25-22(30)17-5-2-3-6-18(17)23/h2-3,5-6,9-10,15H,4,7-8,11-14H2,1H3,(H,25,30). The van der Waals surface area contributed by atoms with Crippen LogP contribution in [0.15, 0.2) is 42.6 Å². The third-order valence-corrected chi connectivity index (χ3v) is 5.08. The van der Waals surface area contributed by atoms with E-state index in [2.05, 4.69) is 19.9 Å². The summed E-state index contributed by atoms with van der Waals surface area (Å²) >= 11 is 0. The van der Waals surface area contributed by atoms with Gasteiger partial charge in [0.15, 0.2) is 0 Å². The van der Waals surface area contributed by atoms with Gasteiger partial charge in [0.05, 0.1) is 24.6 Å². The Morgan fingerprint density at radius 3 is 2.45 bits per heavy atom. The van der Waals surface area contributed by atoms with E-state index in [0.717, 1.165) is 5.82 Å². The minimum Gasteiger partial charge on any atom is -0.469 e. The summed E-state index contributed by atoms with van der Waals surface area (Å²) in [6, 6.07) is 9.28. The normalized spacial score (nSPS) is 13.6. The lowest BCUT2D eigenvalue weighted by Crippen LogP contribution is -2.49. The lowest BCUT2D eigenvalue weighted by Gasteiger charge is -2.35. The van der Waals surface area contributed by atoms with Crippen molar-refractivity contribution in [2.45, 2.75) is 19.3 Å². The molecule has 2 heterocycles. The van der Waals surface area contributed by atoms with E-state index in [-0.39, 0.29) is 23.9 Å². The third-order valence-electron chi connectivity index (χ3n) is 5.08. The number of nitrogens with one attached hydrogen (secondary N) is 1. The molecule has 0 saturated carbocycles. The number of halogens is 1. The van der Waals surface area contributed by atoms with E-state index in [1.165, 1.54) is 31.5 Å². The zero-order valence-electron chi connectivity index (χ0n) is 17.3. The molecule has 0 unspecified atom stereocenters. The van der Waals surface area contributed by atoms with Crippen LogP contribution >= 0.6 is 0 Å². The predicted octanol–water partition coefficient (Wildman–Crippen LogP) is 2.46. The van der Waals surface area contributed by atoms with Crippen molar-refractivity contribution in [1.29, 1.82) is 0 Å². The van der Waals surface area contributed by atoms with Gasteiger partial charge in [-0.3, -0.25) is 14.4 Å². The first-order valence-electron chi connectivity index (χ1n) is 10.1. The average Bonchev–Trinajstić information content (AvgIpc) is 2.79. The molecule has 8 nitrogen and oxygen atoms in total. The summed E-state index contributed by atoms with van der Waals surface area (Å²) in [5.41, 5.74) is 0.440. The molecule has 2 aromatic rings. The van der Waals surface area contributed by atoms with Crippen molar-refractivity contribution in [3.63, 3.8) is 0 Å². The zero-order valence-corrected chi connectivity index (χ0v) is 17.3. The third kappa shape index (κ3) is 6.00. The van der Waals surface area contributed by atoms with Crippen LogP contribution in [0, 0.1) is 5.82 Å². The van der Waals surface area contributed by atoms with Crippen LogP contribution in [0.5, 0.6) is 0 Å². The van der Waals surface area contributed by atoms with E-state index < -0.39 is 11.7 Å². The monoisotopic (exact) mass is 428 g/mol. The first-order valence-corrected chi connectivity index (χ1v) is 10.1. The molecule has 3 rings (SSSR count). The molecular formula is C22H25FN4O4. The maximum Gasteiger partial charge on any atom is 0.305 e. The Kier molecular flexibility index (Phi) is 7.53.